The molecule has 0 aliphatic carbocycles. The summed E-state index contributed by atoms with van der Waals surface area (Å²) in [6.07, 6.45) is 1.02. The molecule has 1 amide bonds. The Bertz CT molecular complexity index is 375. The normalized spacial score (nSPS) is 17.6. The van der Waals surface area contributed by atoms with E-state index < -0.39 is 0 Å². The van der Waals surface area contributed by atoms with Crippen LogP contribution in [0.5, 0.6) is 0 Å². The highest BCUT2D eigenvalue weighted by molar-refractivity contribution is 5.78. The van der Waals surface area contributed by atoms with Crippen molar-refractivity contribution < 1.29 is 4.79 Å². The topological polar surface area (TPSA) is 58.4 Å². The van der Waals surface area contributed by atoms with Gasteiger partial charge in [0.15, 0.2) is 0 Å². The van der Waals surface area contributed by atoms with E-state index in [9.17, 15) is 4.79 Å². The van der Waals surface area contributed by atoms with E-state index in [1.807, 2.05) is 12.1 Å². The van der Waals surface area contributed by atoms with Crippen LogP contribution in [0.15, 0.2) is 24.3 Å². The van der Waals surface area contributed by atoms with Gasteiger partial charge in [0.05, 0.1) is 6.54 Å². The largest absolute Gasteiger partial charge is 0.355 e. The van der Waals surface area contributed by atoms with Gasteiger partial charge < -0.3 is 11.1 Å². The van der Waals surface area contributed by atoms with E-state index in [-0.39, 0.29) is 5.91 Å². The van der Waals surface area contributed by atoms with Gasteiger partial charge in [0, 0.05) is 26.2 Å². The first-order valence-electron chi connectivity index (χ1n) is 6.05. The van der Waals surface area contributed by atoms with Gasteiger partial charge in [-0.15, -0.1) is 0 Å². The summed E-state index contributed by atoms with van der Waals surface area (Å²) >= 11 is 0. The van der Waals surface area contributed by atoms with Crippen molar-refractivity contribution in [1.29, 1.82) is 0 Å². The molecule has 0 spiro atoms. The van der Waals surface area contributed by atoms with Crippen molar-refractivity contribution in [3.8, 4) is 0 Å². The molecule has 1 saturated heterocycles. The Labute approximate surface area is 102 Å². The molecule has 2 rings (SSSR count). The minimum absolute atomic E-state index is 0.126. The van der Waals surface area contributed by atoms with Crippen molar-refractivity contribution >= 4 is 5.91 Å². The molecule has 3 N–H and O–H groups in total. The molecule has 1 heterocycles. The summed E-state index contributed by atoms with van der Waals surface area (Å²) in [6.45, 7) is 3.67. The van der Waals surface area contributed by atoms with Gasteiger partial charge in [-0.05, 0) is 17.5 Å². The molecule has 1 aliphatic rings. The zero-order valence-electron chi connectivity index (χ0n) is 9.98. The molecule has 4 heteroatoms. The first-order chi connectivity index (χ1) is 8.28. The predicted molar refractivity (Wildman–Crippen MR) is 67.2 cm³/mol. The molecule has 0 bridgehead atoms. The summed E-state index contributed by atoms with van der Waals surface area (Å²) in [5, 5.41) is 2.88. The predicted octanol–water partition coefficient (Wildman–Crippen LogP) is 0.467. The zero-order chi connectivity index (χ0) is 12.1. The lowest BCUT2D eigenvalue weighted by molar-refractivity contribution is -0.121. The molecule has 1 aromatic rings. The molecule has 92 valence electrons. The molecule has 0 saturated carbocycles. The number of nitrogens with zero attached hydrogens (tertiary/aromatic N) is 1. The second kappa shape index (κ2) is 5.80. The lowest BCUT2D eigenvalue weighted by atomic mass is 10.1. The van der Waals surface area contributed by atoms with Crippen LogP contribution < -0.4 is 11.1 Å². The fourth-order valence-electron chi connectivity index (χ4n) is 2.04. The molecular formula is C13H19N3O. The van der Waals surface area contributed by atoms with Crippen LogP contribution in [-0.4, -0.2) is 30.4 Å². The van der Waals surface area contributed by atoms with Crippen LogP contribution in [0, 0.1) is 0 Å². The fraction of sp³-hybridized carbons (Fsp3) is 0.462. The number of nitrogens with one attached hydrogen (secondary N) is 1. The molecule has 1 fully saturated rings. The highest BCUT2D eigenvalue weighted by atomic mass is 16.2. The molecule has 0 unspecified atom stereocenters. The smallest absolute Gasteiger partial charge is 0.234 e. The van der Waals surface area contributed by atoms with Gasteiger partial charge in [-0.2, -0.15) is 0 Å². The summed E-state index contributed by atoms with van der Waals surface area (Å²) in [5.41, 5.74) is 7.93. The second-order valence-corrected chi connectivity index (χ2v) is 4.43. The quantitative estimate of drug-likeness (QED) is 0.798. The lowest BCUT2D eigenvalue weighted by Crippen LogP contribution is -2.32. The van der Waals surface area contributed by atoms with Crippen LogP contribution in [0.3, 0.4) is 0 Å². The Kier molecular flexibility index (Phi) is 4.12. The molecule has 1 aliphatic heterocycles. The number of hydrogen-bond acceptors (Lipinski definition) is 3. The van der Waals surface area contributed by atoms with Crippen LogP contribution in [0.1, 0.15) is 17.5 Å². The minimum Gasteiger partial charge on any atom is -0.355 e. The maximum absolute atomic E-state index is 11.4. The van der Waals surface area contributed by atoms with Crippen molar-refractivity contribution in [2.75, 3.05) is 19.6 Å². The van der Waals surface area contributed by atoms with Gasteiger partial charge in [0.2, 0.25) is 5.91 Å². The Balaban J connectivity index is 1.96. The van der Waals surface area contributed by atoms with Gasteiger partial charge in [0.25, 0.3) is 0 Å². The number of carbonyl (C=O) groups excluding carboxylic acids is 1. The number of nitrogens with two attached hydrogens (primary N) is 1. The van der Waals surface area contributed by atoms with Crippen molar-refractivity contribution in [2.24, 2.45) is 5.73 Å². The zero-order valence-corrected chi connectivity index (χ0v) is 9.98. The van der Waals surface area contributed by atoms with Gasteiger partial charge in [-0.25, -0.2) is 0 Å². The van der Waals surface area contributed by atoms with E-state index in [4.69, 9.17) is 5.73 Å². The molecule has 0 atom stereocenters. The SMILES string of the molecule is NCc1ccc(CN2CCCNC(=O)C2)cc1. The van der Waals surface area contributed by atoms with E-state index in [2.05, 4.69) is 22.3 Å². The summed E-state index contributed by atoms with van der Waals surface area (Å²) in [7, 11) is 0. The van der Waals surface area contributed by atoms with Crippen LogP contribution in [0.4, 0.5) is 0 Å². The third-order valence-corrected chi connectivity index (χ3v) is 3.01. The van der Waals surface area contributed by atoms with Crippen molar-refractivity contribution in [2.45, 2.75) is 19.5 Å². The maximum atomic E-state index is 11.4. The number of hydrogen-bond donors (Lipinski definition) is 2. The average molecular weight is 233 g/mol. The summed E-state index contributed by atoms with van der Waals surface area (Å²) in [5.74, 6) is 0.126. The van der Waals surface area contributed by atoms with Crippen molar-refractivity contribution in [1.82, 2.24) is 10.2 Å². The van der Waals surface area contributed by atoms with Gasteiger partial charge >= 0.3 is 0 Å². The van der Waals surface area contributed by atoms with Gasteiger partial charge in [-0.3, -0.25) is 9.69 Å². The maximum Gasteiger partial charge on any atom is 0.234 e. The third-order valence-electron chi connectivity index (χ3n) is 3.01. The molecule has 17 heavy (non-hydrogen) atoms. The molecule has 4 nitrogen and oxygen atoms in total. The molecule has 0 aromatic heterocycles. The Morgan fingerprint density at radius 1 is 1.24 bits per heavy atom. The minimum atomic E-state index is 0.126. The Hall–Kier alpha value is -1.39. The average Bonchev–Trinajstić information content (AvgIpc) is 2.55. The van der Waals surface area contributed by atoms with Crippen LogP contribution >= 0.6 is 0 Å². The number of benzene rings is 1. The molecule has 1 aromatic carbocycles. The highest BCUT2D eigenvalue weighted by Crippen LogP contribution is 2.08. The van der Waals surface area contributed by atoms with E-state index in [1.54, 1.807) is 0 Å². The third kappa shape index (κ3) is 3.54. The Morgan fingerprint density at radius 3 is 2.65 bits per heavy atom. The Morgan fingerprint density at radius 2 is 1.94 bits per heavy atom. The molecule has 0 radical (unpaired) electrons. The standard InChI is InChI=1S/C13H19N3O/c14-8-11-2-4-12(5-3-11)9-16-7-1-6-15-13(17)10-16/h2-5H,1,6-10,14H2,(H,15,17). The first-order valence-corrected chi connectivity index (χ1v) is 6.05. The van der Waals surface area contributed by atoms with E-state index >= 15 is 0 Å². The molecular weight excluding hydrogens is 214 g/mol. The van der Waals surface area contributed by atoms with Crippen molar-refractivity contribution in [3.63, 3.8) is 0 Å². The van der Waals surface area contributed by atoms with E-state index in [0.29, 0.717) is 13.1 Å². The number of carbonyl (C=O) groups is 1. The van der Waals surface area contributed by atoms with Crippen LogP contribution in [0.25, 0.3) is 0 Å². The summed E-state index contributed by atoms with van der Waals surface area (Å²) in [6, 6.07) is 8.27. The van der Waals surface area contributed by atoms with Gasteiger partial charge in [-0.1, -0.05) is 24.3 Å². The van der Waals surface area contributed by atoms with E-state index in [0.717, 1.165) is 31.6 Å². The number of rotatable bonds is 3. The van der Waals surface area contributed by atoms with Gasteiger partial charge in [0.1, 0.15) is 0 Å². The lowest BCUT2D eigenvalue weighted by Gasteiger charge is -2.18. The van der Waals surface area contributed by atoms with Crippen LogP contribution in [0.2, 0.25) is 0 Å². The van der Waals surface area contributed by atoms with E-state index in [1.165, 1.54) is 5.56 Å². The van der Waals surface area contributed by atoms with Crippen molar-refractivity contribution in [3.05, 3.63) is 35.4 Å². The summed E-state index contributed by atoms with van der Waals surface area (Å²) < 4.78 is 0. The monoisotopic (exact) mass is 233 g/mol. The summed E-state index contributed by atoms with van der Waals surface area (Å²) in [4.78, 5) is 13.6. The first kappa shape index (κ1) is 12.1. The second-order valence-electron chi connectivity index (χ2n) is 4.43. The highest BCUT2D eigenvalue weighted by Gasteiger charge is 2.14. The fourth-order valence-corrected chi connectivity index (χ4v) is 2.04. The number of amides is 1. The van der Waals surface area contributed by atoms with Crippen LogP contribution in [-0.2, 0) is 17.9 Å².